The summed E-state index contributed by atoms with van der Waals surface area (Å²) in [5, 5.41) is 13.2. The normalized spacial score (nSPS) is 11.6. The molecule has 1 aromatic heterocycles. The number of carbonyl (C=O) groups is 1. The van der Waals surface area contributed by atoms with Crippen molar-refractivity contribution in [2.24, 2.45) is 4.99 Å². The molecule has 104 valence electrons. The van der Waals surface area contributed by atoms with Crippen molar-refractivity contribution in [1.82, 2.24) is 9.78 Å². The van der Waals surface area contributed by atoms with Gasteiger partial charge in [-0.05, 0) is 19.4 Å². The van der Waals surface area contributed by atoms with Gasteiger partial charge in [-0.15, -0.1) is 0 Å². The van der Waals surface area contributed by atoms with Crippen LogP contribution in [-0.4, -0.2) is 26.6 Å². The summed E-state index contributed by atoms with van der Waals surface area (Å²) in [5.74, 6) is -0.192. The van der Waals surface area contributed by atoms with Crippen LogP contribution in [0, 0.1) is 6.92 Å². The van der Waals surface area contributed by atoms with E-state index in [1.54, 1.807) is 11.6 Å². The quantitative estimate of drug-likeness (QED) is 0.850. The second-order valence-electron chi connectivity index (χ2n) is 4.70. The number of aryl methyl sites for hydroxylation is 1. The van der Waals surface area contributed by atoms with Crippen molar-refractivity contribution in [3.63, 3.8) is 0 Å². The molecule has 0 unspecified atom stereocenters. The maximum absolute atomic E-state index is 10.7. The molecule has 5 heteroatoms. The van der Waals surface area contributed by atoms with Crippen molar-refractivity contribution < 1.29 is 9.90 Å². The molecular weight excluding hydrogens is 254 g/mol. The first kappa shape index (κ1) is 14.0. The van der Waals surface area contributed by atoms with E-state index in [2.05, 4.69) is 10.1 Å². The molecule has 0 bridgehead atoms. The molecule has 0 saturated heterocycles. The minimum atomic E-state index is -0.878. The molecule has 0 radical (unpaired) electrons. The van der Waals surface area contributed by atoms with Gasteiger partial charge in [-0.25, -0.2) is 9.67 Å². The number of carboxylic acid groups (broad SMARTS) is 1. The molecule has 0 atom stereocenters. The second-order valence-corrected chi connectivity index (χ2v) is 4.70. The van der Waals surface area contributed by atoms with E-state index in [9.17, 15) is 4.79 Å². The number of hydrogen-bond acceptors (Lipinski definition) is 3. The third kappa shape index (κ3) is 3.78. The Kier molecular flexibility index (Phi) is 4.30. The number of nitrogens with zero attached hydrogens (tertiary/aromatic N) is 3. The summed E-state index contributed by atoms with van der Waals surface area (Å²) in [7, 11) is 0. The fraction of sp³-hybridized carbons (Fsp3) is 0.267. The standard InChI is InChI=1S/C15H17N3O2/c1-11(9-15(19)20)16-14-8-12(2)17-18(14)10-13-6-4-3-5-7-13/h3-8H,9-10H2,1-2H3,(H,19,20)/b16-11+. The largest absolute Gasteiger partial charge is 0.481 e. The lowest BCUT2D eigenvalue weighted by Gasteiger charge is -2.05. The smallest absolute Gasteiger partial charge is 0.309 e. The number of aliphatic carboxylic acids is 1. The topological polar surface area (TPSA) is 67.5 Å². The van der Waals surface area contributed by atoms with Crippen molar-refractivity contribution in [1.29, 1.82) is 0 Å². The minimum Gasteiger partial charge on any atom is -0.481 e. The molecule has 0 spiro atoms. The van der Waals surface area contributed by atoms with Gasteiger partial charge in [0.2, 0.25) is 0 Å². The predicted molar refractivity (Wildman–Crippen MR) is 77.5 cm³/mol. The lowest BCUT2D eigenvalue weighted by Crippen LogP contribution is -2.05. The van der Waals surface area contributed by atoms with Crippen LogP contribution in [0.3, 0.4) is 0 Å². The van der Waals surface area contributed by atoms with E-state index in [-0.39, 0.29) is 6.42 Å². The summed E-state index contributed by atoms with van der Waals surface area (Å²) in [4.78, 5) is 15.0. The van der Waals surface area contributed by atoms with Crippen LogP contribution in [0.2, 0.25) is 0 Å². The Balaban J connectivity index is 2.24. The molecule has 1 N–H and O–H groups in total. The fourth-order valence-electron chi connectivity index (χ4n) is 1.95. The van der Waals surface area contributed by atoms with Gasteiger partial charge in [-0.3, -0.25) is 4.79 Å². The summed E-state index contributed by atoms with van der Waals surface area (Å²) >= 11 is 0. The van der Waals surface area contributed by atoms with Crippen molar-refractivity contribution in [2.45, 2.75) is 26.8 Å². The highest BCUT2D eigenvalue weighted by molar-refractivity contribution is 5.97. The monoisotopic (exact) mass is 271 g/mol. The third-order valence-electron chi connectivity index (χ3n) is 2.77. The number of aromatic nitrogens is 2. The summed E-state index contributed by atoms with van der Waals surface area (Å²) in [5.41, 5.74) is 2.55. The molecule has 2 rings (SSSR count). The van der Waals surface area contributed by atoms with Crippen LogP contribution in [0.4, 0.5) is 5.82 Å². The fourth-order valence-corrected chi connectivity index (χ4v) is 1.95. The summed E-state index contributed by atoms with van der Waals surface area (Å²) in [6, 6.07) is 11.8. The Morgan fingerprint density at radius 2 is 2.05 bits per heavy atom. The van der Waals surface area contributed by atoms with Crippen LogP contribution in [0.25, 0.3) is 0 Å². The predicted octanol–water partition coefficient (Wildman–Crippen LogP) is 2.81. The molecule has 0 amide bonds. The lowest BCUT2D eigenvalue weighted by atomic mass is 10.2. The van der Waals surface area contributed by atoms with Gasteiger partial charge >= 0.3 is 5.97 Å². The summed E-state index contributed by atoms with van der Waals surface area (Å²) in [6.45, 7) is 4.23. The molecule has 20 heavy (non-hydrogen) atoms. The van der Waals surface area contributed by atoms with Crippen LogP contribution in [-0.2, 0) is 11.3 Å². The molecule has 2 aromatic rings. The number of carboxylic acids is 1. The Hall–Kier alpha value is -2.43. The van der Waals surface area contributed by atoms with E-state index >= 15 is 0 Å². The molecule has 0 aliphatic carbocycles. The average Bonchev–Trinajstić information content (AvgIpc) is 2.69. The maximum Gasteiger partial charge on any atom is 0.309 e. The number of benzene rings is 1. The van der Waals surface area contributed by atoms with Gasteiger partial charge in [-0.2, -0.15) is 5.10 Å². The molecule has 0 fully saturated rings. The SMILES string of the molecule is C/C(CC(=O)O)=N\c1cc(C)nn1Cc1ccccc1. The van der Waals surface area contributed by atoms with Crippen molar-refractivity contribution in [3.05, 3.63) is 47.7 Å². The second kappa shape index (κ2) is 6.14. The van der Waals surface area contributed by atoms with Crippen molar-refractivity contribution in [3.8, 4) is 0 Å². The van der Waals surface area contributed by atoms with E-state index in [1.807, 2.05) is 43.3 Å². The van der Waals surface area contributed by atoms with E-state index in [4.69, 9.17) is 5.11 Å². The average molecular weight is 271 g/mol. The molecule has 0 saturated carbocycles. The highest BCUT2D eigenvalue weighted by atomic mass is 16.4. The summed E-state index contributed by atoms with van der Waals surface area (Å²) < 4.78 is 1.79. The van der Waals surface area contributed by atoms with Gasteiger partial charge < -0.3 is 5.11 Å². The first-order chi connectivity index (χ1) is 9.54. The first-order valence-electron chi connectivity index (χ1n) is 6.39. The maximum atomic E-state index is 10.7. The van der Waals surface area contributed by atoms with Gasteiger partial charge in [0, 0.05) is 11.8 Å². The number of rotatable bonds is 5. The summed E-state index contributed by atoms with van der Waals surface area (Å²) in [6.07, 6.45) is -0.0600. The van der Waals surface area contributed by atoms with Crippen LogP contribution in [0.5, 0.6) is 0 Å². The van der Waals surface area contributed by atoms with Crippen LogP contribution >= 0.6 is 0 Å². The Morgan fingerprint density at radius 3 is 2.70 bits per heavy atom. The highest BCUT2D eigenvalue weighted by Gasteiger charge is 2.07. The van der Waals surface area contributed by atoms with Crippen LogP contribution < -0.4 is 0 Å². The zero-order valence-corrected chi connectivity index (χ0v) is 11.6. The molecule has 1 heterocycles. The lowest BCUT2D eigenvalue weighted by molar-refractivity contribution is -0.135. The third-order valence-corrected chi connectivity index (χ3v) is 2.77. The van der Waals surface area contributed by atoms with Crippen LogP contribution in [0.15, 0.2) is 41.4 Å². The van der Waals surface area contributed by atoms with Gasteiger partial charge in [0.1, 0.15) is 0 Å². The van der Waals surface area contributed by atoms with Crippen molar-refractivity contribution in [2.75, 3.05) is 0 Å². The van der Waals surface area contributed by atoms with Gasteiger partial charge in [0.15, 0.2) is 5.82 Å². The first-order valence-corrected chi connectivity index (χ1v) is 6.39. The van der Waals surface area contributed by atoms with Crippen LogP contribution in [0.1, 0.15) is 24.6 Å². The number of aliphatic imine (C=N–C) groups is 1. The van der Waals surface area contributed by atoms with E-state index in [0.29, 0.717) is 18.1 Å². The number of hydrogen-bond donors (Lipinski definition) is 1. The van der Waals surface area contributed by atoms with Crippen molar-refractivity contribution >= 4 is 17.5 Å². The minimum absolute atomic E-state index is 0.0600. The Morgan fingerprint density at radius 1 is 1.35 bits per heavy atom. The molecular formula is C15H17N3O2. The zero-order valence-electron chi connectivity index (χ0n) is 11.6. The van der Waals surface area contributed by atoms with Gasteiger partial charge in [-0.1, -0.05) is 30.3 Å². The molecule has 0 aliphatic heterocycles. The van der Waals surface area contributed by atoms with Gasteiger partial charge in [0.25, 0.3) is 0 Å². The van der Waals surface area contributed by atoms with Gasteiger partial charge in [0.05, 0.1) is 18.7 Å². The van der Waals surface area contributed by atoms with E-state index in [0.717, 1.165) is 11.3 Å². The molecule has 5 nitrogen and oxygen atoms in total. The molecule has 0 aliphatic rings. The van der Waals surface area contributed by atoms with E-state index in [1.165, 1.54) is 0 Å². The zero-order chi connectivity index (χ0) is 14.5. The molecule has 1 aromatic carbocycles. The Bertz CT molecular complexity index is 630. The Labute approximate surface area is 117 Å². The van der Waals surface area contributed by atoms with E-state index < -0.39 is 5.97 Å². The highest BCUT2D eigenvalue weighted by Crippen LogP contribution is 2.17.